The summed E-state index contributed by atoms with van der Waals surface area (Å²) in [6.45, 7) is 1.68. The number of aromatic nitrogens is 2. The van der Waals surface area contributed by atoms with E-state index in [2.05, 4.69) is 20.8 Å². The van der Waals surface area contributed by atoms with E-state index >= 15 is 0 Å². The summed E-state index contributed by atoms with van der Waals surface area (Å²) < 4.78 is 5.38. The normalized spacial score (nSPS) is 23.7. The third kappa shape index (κ3) is 2.90. The van der Waals surface area contributed by atoms with Gasteiger partial charge in [-0.3, -0.25) is 10.1 Å². The summed E-state index contributed by atoms with van der Waals surface area (Å²) in [6, 6.07) is 6.79. The van der Waals surface area contributed by atoms with Crippen LogP contribution in [0.2, 0.25) is 0 Å². The molecule has 7 nitrogen and oxygen atoms in total. The number of carbonyl (C=O) groups is 2. The van der Waals surface area contributed by atoms with E-state index in [1.807, 2.05) is 12.1 Å². The van der Waals surface area contributed by atoms with E-state index in [-0.39, 0.29) is 5.91 Å². The summed E-state index contributed by atoms with van der Waals surface area (Å²) in [4.78, 5) is 27.9. The van der Waals surface area contributed by atoms with Crippen molar-refractivity contribution in [1.29, 1.82) is 0 Å². The monoisotopic (exact) mass is 340 g/mol. The molecule has 25 heavy (non-hydrogen) atoms. The molecule has 2 fully saturated rings. The average Bonchev–Trinajstić information content (AvgIpc) is 3.31. The van der Waals surface area contributed by atoms with Crippen LogP contribution >= 0.6 is 0 Å². The lowest BCUT2D eigenvalue weighted by Crippen LogP contribution is -2.40. The van der Waals surface area contributed by atoms with Gasteiger partial charge < -0.3 is 9.84 Å². The van der Waals surface area contributed by atoms with E-state index in [9.17, 15) is 9.59 Å². The van der Waals surface area contributed by atoms with Crippen LogP contribution in [0.1, 0.15) is 44.1 Å². The highest BCUT2D eigenvalue weighted by atomic mass is 16.5. The summed E-state index contributed by atoms with van der Waals surface area (Å²) >= 11 is 0. The maximum atomic E-state index is 12.0. The van der Waals surface area contributed by atoms with Gasteiger partial charge in [0.05, 0.1) is 0 Å². The van der Waals surface area contributed by atoms with Crippen molar-refractivity contribution in [3.8, 4) is 11.4 Å². The van der Waals surface area contributed by atoms with Crippen LogP contribution in [0, 0.1) is 5.92 Å². The zero-order chi connectivity index (χ0) is 17.4. The first kappa shape index (κ1) is 15.8. The number of benzene rings is 1. The third-order valence-electron chi connectivity index (χ3n) is 5.17. The summed E-state index contributed by atoms with van der Waals surface area (Å²) in [5.41, 5.74) is 0.466. The summed E-state index contributed by atoms with van der Waals surface area (Å²) in [5.74, 6) is 1.52. The van der Waals surface area contributed by atoms with Crippen LogP contribution < -0.4 is 10.6 Å². The topological polar surface area (TPSA) is 97.1 Å². The second-order valence-electron chi connectivity index (χ2n) is 6.98. The predicted molar refractivity (Wildman–Crippen MR) is 89.4 cm³/mol. The molecule has 3 amide bonds. The average molecular weight is 340 g/mol. The lowest BCUT2D eigenvalue weighted by Gasteiger charge is -2.20. The van der Waals surface area contributed by atoms with Gasteiger partial charge in [-0.1, -0.05) is 42.3 Å². The Hall–Kier alpha value is -2.70. The zero-order valence-electron chi connectivity index (χ0n) is 14.0. The lowest BCUT2D eigenvalue weighted by atomic mass is 9.91. The highest BCUT2D eigenvalue weighted by molar-refractivity contribution is 6.07. The molecule has 2 N–H and O–H groups in total. The van der Waals surface area contributed by atoms with Crippen LogP contribution in [-0.4, -0.2) is 22.1 Å². The molecule has 1 aliphatic heterocycles. The van der Waals surface area contributed by atoms with Gasteiger partial charge in [-0.05, 0) is 31.2 Å². The molecule has 1 saturated heterocycles. The van der Waals surface area contributed by atoms with Crippen LogP contribution in [0.4, 0.5) is 4.79 Å². The number of amides is 3. The van der Waals surface area contributed by atoms with Gasteiger partial charge in [0.1, 0.15) is 5.54 Å². The molecule has 2 aliphatic rings. The first-order valence-electron chi connectivity index (χ1n) is 8.62. The lowest BCUT2D eigenvalue weighted by molar-refractivity contribution is -0.123. The number of rotatable bonds is 4. The first-order chi connectivity index (χ1) is 12.0. The van der Waals surface area contributed by atoms with E-state index < -0.39 is 11.6 Å². The molecule has 1 saturated carbocycles. The first-order valence-corrected chi connectivity index (χ1v) is 8.62. The molecule has 1 aromatic heterocycles. The fourth-order valence-corrected chi connectivity index (χ4v) is 3.62. The number of hydrogen-bond acceptors (Lipinski definition) is 5. The highest BCUT2D eigenvalue weighted by Crippen LogP contribution is 2.29. The maximum absolute atomic E-state index is 12.0. The zero-order valence-corrected chi connectivity index (χ0v) is 14.0. The van der Waals surface area contributed by atoms with E-state index in [0.717, 1.165) is 12.0 Å². The molecule has 2 heterocycles. The Morgan fingerprint density at radius 1 is 1.20 bits per heavy atom. The number of carbonyl (C=O) groups excluding carboxylic acids is 2. The SMILES string of the molecule is C[C@]1(c2ccc(-c3noc(CC4CCCC4)n3)cc2)NC(=O)NC1=O. The fraction of sp³-hybridized carbons (Fsp3) is 0.444. The van der Waals surface area contributed by atoms with Gasteiger partial charge in [0.25, 0.3) is 5.91 Å². The number of nitrogens with zero attached hydrogens (tertiary/aromatic N) is 2. The molecule has 0 bridgehead atoms. The molecule has 0 unspecified atom stereocenters. The van der Waals surface area contributed by atoms with Gasteiger partial charge in [-0.15, -0.1) is 0 Å². The van der Waals surface area contributed by atoms with Crippen molar-refractivity contribution in [2.45, 2.75) is 44.6 Å². The molecule has 0 spiro atoms. The quantitative estimate of drug-likeness (QED) is 0.834. The Kier molecular flexibility index (Phi) is 3.78. The smallest absolute Gasteiger partial charge is 0.322 e. The van der Waals surface area contributed by atoms with Gasteiger partial charge in [-0.25, -0.2) is 4.79 Å². The maximum Gasteiger partial charge on any atom is 0.322 e. The van der Waals surface area contributed by atoms with E-state index in [1.165, 1.54) is 25.7 Å². The molecular weight excluding hydrogens is 320 g/mol. The summed E-state index contributed by atoms with van der Waals surface area (Å²) in [6.07, 6.45) is 5.89. The van der Waals surface area contributed by atoms with Crippen LogP contribution in [0.3, 0.4) is 0 Å². The Labute approximate surface area is 145 Å². The van der Waals surface area contributed by atoms with Crippen molar-refractivity contribution in [2.75, 3.05) is 0 Å². The van der Waals surface area contributed by atoms with Crippen molar-refractivity contribution in [2.24, 2.45) is 5.92 Å². The van der Waals surface area contributed by atoms with E-state index in [4.69, 9.17) is 4.52 Å². The number of imide groups is 1. The van der Waals surface area contributed by atoms with Crippen molar-refractivity contribution >= 4 is 11.9 Å². The molecule has 4 rings (SSSR count). The Morgan fingerprint density at radius 3 is 2.56 bits per heavy atom. The minimum Gasteiger partial charge on any atom is -0.339 e. The minimum absolute atomic E-state index is 0.358. The van der Waals surface area contributed by atoms with E-state index in [1.54, 1.807) is 19.1 Å². The Morgan fingerprint density at radius 2 is 1.92 bits per heavy atom. The van der Waals surface area contributed by atoms with Gasteiger partial charge in [0.15, 0.2) is 0 Å². The molecule has 1 aliphatic carbocycles. The molecule has 1 aromatic carbocycles. The summed E-state index contributed by atoms with van der Waals surface area (Å²) in [7, 11) is 0. The van der Waals surface area contributed by atoms with Gasteiger partial charge in [0, 0.05) is 12.0 Å². The number of hydrogen-bond donors (Lipinski definition) is 2. The van der Waals surface area contributed by atoms with Crippen LogP contribution in [-0.2, 0) is 16.8 Å². The summed E-state index contributed by atoms with van der Waals surface area (Å²) in [5, 5.41) is 8.98. The Balaban J connectivity index is 1.51. The van der Waals surface area contributed by atoms with Gasteiger partial charge in [-0.2, -0.15) is 4.98 Å². The molecule has 7 heteroatoms. The van der Waals surface area contributed by atoms with Crippen molar-refractivity contribution < 1.29 is 14.1 Å². The van der Waals surface area contributed by atoms with Crippen LogP contribution in [0.25, 0.3) is 11.4 Å². The minimum atomic E-state index is -1.06. The largest absolute Gasteiger partial charge is 0.339 e. The molecule has 2 aromatic rings. The molecular formula is C18H20N4O3. The predicted octanol–water partition coefficient (Wildman–Crippen LogP) is 2.52. The second-order valence-corrected chi connectivity index (χ2v) is 6.98. The van der Waals surface area contributed by atoms with E-state index in [0.29, 0.717) is 23.2 Å². The Bertz CT molecular complexity index is 808. The number of nitrogens with one attached hydrogen (secondary N) is 2. The van der Waals surface area contributed by atoms with Crippen LogP contribution in [0.5, 0.6) is 0 Å². The second kappa shape index (κ2) is 5.98. The molecule has 0 radical (unpaired) electrons. The van der Waals surface area contributed by atoms with Crippen molar-refractivity contribution in [1.82, 2.24) is 20.8 Å². The molecule has 130 valence electrons. The fourth-order valence-electron chi connectivity index (χ4n) is 3.62. The highest BCUT2D eigenvalue weighted by Gasteiger charge is 2.43. The van der Waals surface area contributed by atoms with Crippen molar-refractivity contribution in [3.63, 3.8) is 0 Å². The number of urea groups is 1. The third-order valence-corrected chi connectivity index (χ3v) is 5.17. The van der Waals surface area contributed by atoms with Gasteiger partial charge in [0.2, 0.25) is 11.7 Å². The molecule has 1 atom stereocenters. The standard InChI is InChI=1S/C18H20N4O3/c1-18(16(23)20-17(24)21-18)13-8-6-12(7-9-13)15-19-14(25-22-15)10-11-4-2-3-5-11/h6-9,11H,2-5,10H2,1H3,(H2,20,21,23,24)/t18-/m1/s1. The van der Waals surface area contributed by atoms with Crippen molar-refractivity contribution in [3.05, 3.63) is 35.7 Å². The van der Waals surface area contributed by atoms with Gasteiger partial charge >= 0.3 is 6.03 Å². The van der Waals surface area contributed by atoms with Crippen LogP contribution in [0.15, 0.2) is 28.8 Å².